The van der Waals surface area contributed by atoms with E-state index in [9.17, 15) is 17.6 Å². The summed E-state index contributed by atoms with van der Waals surface area (Å²) in [4.78, 5) is 13.1. The molecule has 0 saturated carbocycles. The molecule has 1 unspecified atom stereocenters. The van der Waals surface area contributed by atoms with E-state index >= 15 is 0 Å². The maximum absolute atomic E-state index is 13.6. The van der Waals surface area contributed by atoms with Gasteiger partial charge in [-0.15, -0.1) is 0 Å². The molecule has 0 bridgehead atoms. The highest BCUT2D eigenvalue weighted by atomic mass is 32.2. The van der Waals surface area contributed by atoms with E-state index < -0.39 is 28.3 Å². The van der Waals surface area contributed by atoms with Gasteiger partial charge in [-0.25, -0.2) is 12.8 Å². The van der Waals surface area contributed by atoms with Crippen LogP contribution in [0.3, 0.4) is 0 Å². The minimum Gasteiger partial charge on any atom is -0.494 e. The van der Waals surface area contributed by atoms with E-state index in [4.69, 9.17) is 4.74 Å². The molecule has 0 spiro atoms. The molecule has 1 atom stereocenters. The molecule has 3 aromatic rings. The van der Waals surface area contributed by atoms with E-state index in [1.54, 1.807) is 12.1 Å². The number of benzene rings is 3. The largest absolute Gasteiger partial charge is 0.494 e. The van der Waals surface area contributed by atoms with E-state index in [1.807, 2.05) is 45.9 Å². The van der Waals surface area contributed by atoms with Crippen LogP contribution in [-0.2, 0) is 14.8 Å². The molecule has 3 rings (SSSR count). The van der Waals surface area contributed by atoms with E-state index in [0.717, 1.165) is 33.1 Å². The van der Waals surface area contributed by atoms with Gasteiger partial charge in [0, 0.05) is 0 Å². The summed E-state index contributed by atoms with van der Waals surface area (Å²) in [6.45, 7) is 7.81. The van der Waals surface area contributed by atoms with Crippen LogP contribution in [0.25, 0.3) is 0 Å². The molecule has 186 valence electrons. The maximum atomic E-state index is 13.6. The van der Waals surface area contributed by atoms with Crippen LogP contribution < -0.4 is 14.4 Å². The molecule has 8 heteroatoms. The normalized spacial score (nSPS) is 12.1. The van der Waals surface area contributed by atoms with E-state index in [-0.39, 0.29) is 16.6 Å². The number of sulfonamides is 1. The lowest BCUT2D eigenvalue weighted by Crippen LogP contribution is -2.42. The number of aryl methyl sites for hydroxylation is 2. The van der Waals surface area contributed by atoms with Gasteiger partial charge in [0.25, 0.3) is 10.0 Å². The average Bonchev–Trinajstić information content (AvgIpc) is 2.84. The predicted molar refractivity (Wildman–Crippen MR) is 136 cm³/mol. The van der Waals surface area contributed by atoms with Crippen LogP contribution in [0.1, 0.15) is 43.0 Å². The van der Waals surface area contributed by atoms with Gasteiger partial charge in [-0.1, -0.05) is 25.1 Å². The number of ether oxygens (including phenoxy) is 1. The van der Waals surface area contributed by atoms with Gasteiger partial charge < -0.3 is 10.1 Å². The SMILES string of the molecule is CCOc1ccc(S(=O)(=O)N(CC(=O)NC(CC)c2ccc(C)c(C)c2)c2ccc(F)cc2)cc1. The molecule has 0 heterocycles. The Morgan fingerprint density at radius 1 is 0.971 bits per heavy atom. The maximum Gasteiger partial charge on any atom is 0.264 e. The van der Waals surface area contributed by atoms with E-state index in [2.05, 4.69) is 5.32 Å². The van der Waals surface area contributed by atoms with Crippen LogP contribution in [0.5, 0.6) is 5.75 Å². The fourth-order valence-electron chi connectivity index (χ4n) is 3.70. The first-order valence-electron chi connectivity index (χ1n) is 11.5. The molecule has 0 aromatic heterocycles. The summed E-state index contributed by atoms with van der Waals surface area (Å²) in [7, 11) is -4.12. The second-order valence-corrected chi connectivity index (χ2v) is 10.1. The molecule has 35 heavy (non-hydrogen) atoms. The zero-order valence-electron chi connectivity index (χ0n) is 20.4. The third-order valence-corrected chi connectivity index (χ3v) is 7.59. The first kappa shape index (κ1) is 26.2. The molecular formula is C27H31FN2O4S. The van der Waals surface area contributed by atoms with Gasteiger partial charge in [-0.2, -0.15) is 0 Å². The lowest BCUT2D eigenvalue weighted by Gasteiger charge is -2.26. The highest BCUT2D eigenvalue weighted by Crippen LogP contribution is 2.26. The van der Waals surface area contributed by atoms with E-state index in [1.165, 1.54) is 24.3 Å². The van der Waals surface area contributed by atoms with Crippen molar-refractivity contribution in [3.05, 3.63) is 89.2 Å². The van der Waals surface area contributed by atoms with Crippen molar-refractivity contribution in [1.82, 2.24) is 5.32 Å². The molecule has 0 aliphatic heterocycles. The zero-order valence-corrected chi connectivity index (χ0v) is 21.2. The van der Waals surface area contributed by atoms with Gasteiger partial charge >= 0.3 is 0 Å². The minimum absolute atomic E-state index is 0.000668. The Morgan fingerprint density at radius 2 is 1.63 bits per heavy atom. The standard InChI is InChI=1S/C27H31FN2O4S/c1-5-26(21-8-7-19(3)20(4)17-21)29-27(31)18-30(23-11-9-22(28)10-12-23)35(32,33)25-15-13-24(14-16-25)34-6-2/h7-17,26H,5-6,18H2,1-4H3,(H,29,31). The van der Waals surface area contributed by atoms with E-state index in [0.29, 0.717) is 18.8 Å². The number of anilines is 1. The Hall–Kier alpha value is -3.39. The van der Waals surface area contributed by atoms with Crippen LogP contribution in [0, 0.1) is 19.7 Å². The fraction of sp³-hybridized carbons (Fsp3) is 0.296. The van der Waals surface area contributed by atoms with Gasteiger partial charge in [0.05, 0.1) is 23.2 Å². The Balaban J connectivity index is 1.90. The molecular weight excluding hydrogens is 467 g/mol. The van der Waals surface area contributed by atoms with Gasteiger partial charge in [0.1, 0.15) is 18.1 Å². The lowest BCUT2D eigenvalue weighted by molar-refractivity contribution is -0.120. The minimum atomic E-state index is -4.12. The molecule has 0 aliphatic rings. The van der Waals surface area contributed by atoms with Crippen LogP contribution in [0.4, 0.5) is 10.1 Å². The summed E-state index contributed by atoms with van der Waals surface area (Å²) in [5.41, 5.74) is 3.40. The Labute approximate surface area is 206 Å². The number of nitrogens with one attached hydrogen (secondary N) is 1. The first-order chi connectivity index (χ1) is 16.6. The van der Waals surface area contributed by atoms with Crippen molar-refractivity contribution in [3.63, 3.8) is 0 Å². The van der Waals surface area contributed by atoms with Crippen molar-refractivity contribution in [3.8, 4) is 5.75 Å². The van der Waals surface area contributed by atoms with Gasteiger partial charge in [-0.05, 0) is 92.4 Å². The summed E-state index contributed by atoms with van der Waals surface area (Å²) >= 11 is 0. The summed E-state index contributed by atoms with van der Waals surface area (Å²) < 4.78 is 47.0. The van der Waals surface area contributed by atoms with Crippen LogP contribution in [0.15, 0.2) is 71.6 Å². The Morgan fingerprint density at radius 3 is 2.20 bits per heavy atom. The number of carbonyl (C=O) groups is 1. The second kappa shape index (κ2) is 11.4. The van der Waals surface area contributed by atoms with Crippen molar-refractivity contribution in [2.75, 3.05) is 17.5 Å². The third-order valence-electron chi connectivity index (χ3n) is 5.80. The Kier molecular flexibility index (Phi) is 8.51. The number of carbonyl (C=O) groups excluding carboxylic acids is 1. The number of halogens is 1. The Bertz CT molecular complexity index is 1260. The molecule has 0 fully saturated rings. The highest BCUT2D eigenvalue weighted by Gasteiger charge is 2.28. The number of hydrogen-bond acceptors (Lipinski definition) is 4. The van der Waals surface area contributed by atoms with Crippen molar-refractivity contribution in [2.45, 2.75) is 45.1 Å². The number of nitrogens with zero attached hydrogens (tertiary/aromatic N) is 1. The number of amides is 1. The van der Waals surface area contributed by atoms with Crippen molar-refractivity contribution in [2.24, 2.45) is 0 Å². The summed E-state index contributed by atoms with van der Waals surface area (Å²) in [6, 6.07) is 16.7. The molecule has 0 aliphatic carbocycles. The number of rotatable bonds is 10. The molecule has 0 radical (unpaired) electrons. The molecule has 1 N–H and O–H groups in total. The highest BCUT2D eigenvalue weighted by molar-refractivity contribution is 7.92. The average molecular weight is 499 g/mol. The summed E-state index contributed by atoms with van der Waals surface area (Å²) in [5.74, 6) is -0.428. The quantitative estimate of drug-likeness (QED) is 0.411. The molecule has 6 nitrogen and oxygen atoms in total. The van der Waals surface area contributed by atoms with Gasteiger partial charge in [0.15, 0.2) is 0 Å². The zero-order chi connectivity index (χ0) is 25.6. The monoisotopic (exact) mass is 498 g/mol. The van der Waals surface area contributed by atoms with Crippen molar-refractivity contribution < 1.29 is 22.3 Å². The molecule has 1 amide bonds. The smallest absolute Gasteiger partial charge is 0.264 e. The van der Waals surface area contributed by atoms with Crippen LogP contribution in [-0.4, -0.2) is 27.5 Å². The van der Waals surface area contributed by atoms with Crippen molar-refractivity contribution >= 4 is 21.6 Å². The molecule has 3 aromatic carbocycles. The fourth-order valence-corrected chi connectivity index (χ4v) is 5.12. The van der Waals surface area contributed by atoms with Crippen LogP contribution >= 0.6 is 0 Å². The predicted octanol–water partition coefficient (Wildman–Crippen LogP) is 5.30. The summed E-state index contributed by atoms with van der Waals surface area (Å²) in [5, 5.41) is 2.95. The van der Waals surface area contributed by atoms with Crippen LogP contribution in [0.2, 0.25) is 0 Å². The second-order valence-electron chi connectivity index (χ2n) is 8.26. The molecule has 0 saturated heterocycles. The van der Waals surface area contributed by atoms with Crippen molar-refractivity contribution in [1.29, 1.82) is 0 Å². The van der Waals surface area contributed by atoms with Gasteiger partial charge in [0.2, 0.25) is 5.91 Å². The lowest BCUT2D eigenvalue weighted by atomic mass is 9.99. The number of hydrogen-bond donors (Lipinski definition) is 1. The van der Waals surface area contributed by atoms with Gasteiger partial charge in [-0.3, -0.25) is 9.10 Å². The third kappa shape index (κ3) is 6.39. The first-order valence-corrected chi connectivity index (χ1v) is 13.0. The summed E-state index contributed by atoms with van der Waals surface area (Å²) in [6.07, 6.45) is 0.635. The topological polar surface area (TPSA) is 75.7 Å².